The van der Waals surface area contributed by atoms with Gasteiger partial charge in [0.15, 0.2) is 0 Å². The van der Waals surface area contributed by atoms with Crippen molar-refractivity contribution >= 4 is 11.9 Å². The fraction of sp³-hybridized carbons (Fsp3) is 0.333. The molecule has 0 amide bonds. The molecule has 0 radical (unpaired) electrons. The van der Waals surface area contributed by atoms with Crippen LogP contribution in [0.3, 0.4) is 0 Å². The van der Waals surface area contributed by atoms with Gasteiger partial charge >= 0.3 is 11.9 Å². The maximum Gasteiger partial charge on any atom is 0.335 e. The predicted octanol–water partition coefficient (Wildman–Crippen LogP) is 7.82. The Morgan fingerprint density at radius 2 is 1.39 bits per heavy atom. The van der Waals surface area contributed by atoms with Crippen molar-refractivity contribution in [1.29, 1.82) is 0 Å². The van der Waals surface area contributed by atoms with E-state index in [2.05, 4.69) is 53.4 Å². The summed E-state index contributed by atoms with van der Waals surface area (Å²) in [5.41, 5.74) is 8.65. The van der Waals surface area contributed by atoms with E-state index in [0.29, 0.717) is 19.6 Å². The number of nitrogens with zero attached hydrogens (tertiary/aromatic N) is 1. The lowest BCUT2D eigenvalue weighted by molar-refractivity contribution is -0.137. The third-order valence-electron chi connectivity index (χ3n) is 8.72. The van der Waals surface area contributed by atoms with Crippen molar-refractivity contribution in [2.45, 2.75) is 64.5 Å². The van der Waals surface area contributed by atoms with E-state index in [1.807, 2.05) is 24.3 Å². The first kappa shape index (κ1) is 32.8. The molecule has 0 aromatic heterocycles. The summed E-state index contributed by atoms with van der Waals surface area (Å²) in [4.78, 5) is 24.7. The molecule has 0 unspecified atom stereocenters. The first-order chi connectivity index (χ1) is 22.4. The third-order valence-corrected chi connectivity index (χ3v) is 8.72. The number of fused-ring (bicyclic) bond motifs is 1. The Morgan fingerprint density at radius 1 is 0.761 bits per heavy atom. The molecule has 0 bridgehead atoms. The van der Waals surface area contributed by atoms with E-state index in [9.17, 15) is 14.7 Å². The standard InChI is InChI=1S/C39H43NO6/c1-45-36-19-17-31(18-20-36)30-13-11-29(12-14-30)27-46-37-25-34-7-3-2-6-33(34)24-35(37)21-23-40(22-5-4-8-38(41)42)26-28-9-15-32(16-10-28)39(43)44/h9-20,24-25H,2-8,21-23,26-27H2,1H3,(H,41,42)(H,43,44). The molecule has 1 aliphatic carbocycles. The van der Waals surface area contributed by atoms with E-state index in [-0.39, 0.29) is 12.0 Å². The van der Waals surface area contributed by atoms with E-state index in [0.717, 1.165) is 72.5 Å². The first-order valence-corrected chi connectivity index (χ1v) is 16.1. The summed E-state index contributed by atoms with van der Waals surface area (Å²) in [5, 5.41) is 18.4. The zero-order chi connectivity index (χ0) is 32.3. The zero-order valence-electron chi connectivity index (χ0n) is 26.5. The first-order valence-electron chi connectivity index (χ1n) is 16.1. The van der Waals surface area contributed by atoms with Crippen LogP contribution in [0.15, 0.2) is 84.9 Å². The van der Waals surface area contributed by atoms with Crippen molar-refractivity contribution < 1.29 is 29.3 Å². The van der Waals surface area contributed by atoms with E-state index >= 15 is 0 Å². The molecule has 46 heavy (non-hydrogen) atoms. The second kappa shape index (κ2) is 16.1. The highest BCUT2D eigenvalue weighted by molar-refractivity contribution is 5.87. The zero-order valence-corrected chi connectivity index (χ0v) is 26.5. The monoisotopic (exact) mass is 621 g/mol. The Labute approximate surface area is 271 Å². The van der Waals surface area contributed by atoms with Crippen LogP contribution in [0.5, 0.6) is 11.5 Å². The van der Waals surface area contributed by atoms with E-state index in [4.69, 9.17) is 14.6 Å². The highest BCUT2D eigenvalue weighted by Gasteiger charge is 2.17. The molecule has 7 nitrogen and oxygen atoms in total. The number of ether oxygens (including phenoxy) is 2. The average Bonchev–Trinajstić information content (AvgIpc) is 3.08. The van der Waals surface area contributed by atoms with Gasteiger partial charge in [0.1, 0.15) is 18.1 Å². The number of methoxy groups -OCH3 is 1. The average molecular weight is 622 g/mol. The molecule has 0 aliphatic heterocycles. The SMILES string of the molecule is COc1ccc(-c2ccc(COc3cc4c(cc3CCN(CCCCC(=O)O)Cc3ccc(C(=O)O)cc3)CCCC4)cc2)cc1. The Hall–Kier alpha value is -4.62. The van der Waals surface area contributed by atoms with Gasteiger partial charge in [-0.3, -0.25) is 9.69 Å². The smallest absolute Gasteiger partial charge is 0.335 e. The van der Waals surface area contributed by atoms with Gasteiger partial charge in [-0.1, -0.05) is 54.6 Å². The number of carbonyl (C=O) groups is 2. The minimum absolute atomic E-state index is 0.158. The quantitative estimate of drug-likeness (QED) is 0.123. The summed E-state index contributed by atoms with van der Waals surface area (Å²) >= 11 is 0. The largest absolute Gasteiger partial charge is 0.497 e. The summed E-state index contributed by atoms with van der Waals surface area (Å²) < 4.78 is 11.8. The highest BCUT2D eigenvalue weighted by Crippen LogP contribution is 2.31. The van der Waals surface area contributed by atoms with Crippen molar-refractivity contribution in [2.24, 2.45) is 0 Å². The van der Waals surface area contributed by atoms with Gasteiger partial charge in [0.05, 0.1) is 12.7 Å². The number of benzene rings is 4. The Kier molecular flexibility index (Phi) is 11.5. The fourth-order valence-corrected chi connectivity index (χ4v) is 6.05. The van der Waals surface area contributed by atoms with Gasteiger partial charge in [-0.2, -0.15) is 0 Å². The van der Waals surface area contributed by atoms with Gasteiger partial charge in [-0.05, 0) is 121 Å². The van der Waals surface area contributed by atoms with E-state index in [1.54, 1.807) is 19.2 Å². The molecule has 4 aromatic carbocycles. The fourth-order valence-electron chi connectivity index (χ4n) is 6.05. The van der Waals surface area contributed by atoms with Crippen molar-refractivity contribution in [3.63, 3.8) is 0 Å². The van der Waals surface area contributed by atoms with Crippen molar-refractivity contribution in [1.82, 2.24) is 4.90 Å². The molecule has 7 heteroatoms. The van der Waals surface area contributed by atoms with E-state index < -0.39 is 11.9 Å². The second-order valence-corrected chi connectivity index (χ2v) is 12.0. The molecular formula is C39H43NO6. The van der Waals surface area contributed by atoms with Crippen LogP contribution in [0.25, 0.3) is 11.1 Å². The predicted molar refractivity (Wildman–Crippen MR) is 180 cm³/mol. The topological polar surface area (TPSA) is 96.3 Å². The summed E-state index contributed by atoms with van der Waals surface area (Å²) in [6.07, 6.45) is 6.91. The lowest BCUT2D eigenvalue weighted by Gasteiger charge is -2.25. The van der Waals surface area contributed by atoms with Crippen LogP contribution in [-0.4, -0.2) is 47.3 Å². The number of hydrogen-bond donors (Lipinski definition) is 2. The summed E-state index contributed by atoms with van der Waals surface area (Å²) in [5.74, 6) is 0.0501. The second-order valence-electron chi connectivity index (χ2n) is 12.0. The van der Waals surface area contributed by atoms with Crippen molar-refractivity contribution in [3.05, 3.63) is 118 Å². The van der Waals surface area contributed by atoms with Crippen molar-refractivity contribution in [3.8, 4) is 22.6 Å². The molecule has 240 valence electrons. The normalized spacial score (nSPS) is 12.5. The van der Waals surface area contributed by atoms with Crippen LogP contribution in [0.1, 0.15) is 70.3 Å². The molecule has 0 heterocycles. The van der Waals surface area contributed by atoms with Crippen LogP contribution in [0.2, 0.25) is 0 Å². The number of aromatic carboxylic acids is 1. The van der Waals surface area contributed by atoms with Gasteiger partial charge in [0, 0.05) is 19.5 Å². The third kappa shape index (κ3) is 9.21. The molecule has 2 N–H and O–H groups in total. The molecule has 0 atom stereocenters. The molecule has 0 saturated carbocycles. The summed E-state index contributed by atoms with van der Waals surface area (Å²) in [7, 11) is 1.67. The number of carboxylic acids is 2. The van der Waals surface area contributed by atoms with Gasteiger partial charge in [-0.25, -0.2) is 4.79 Å². The Bertz CT molecular complexity index is 1600. The number of aryl methyl sites for hydroxylation is 2. The minimum Gasteiger partial charge on any atom is -0.497 e. The number of rotatable bonds is 16. The van der Waals surface area contributed by atoms with Crippen LogP contribution < -0.4 is 9.47 Å². The summed E-state index contributed by atoms with van der Waals surface area (Å²) in [6, 6.07) is 28.1. The van der Waals surface area contributed by atoms with Crippen molar-refractivity contribution in [2.75, 3.05) is 20.2 Å². The van der Waals surface area contributed by atoms with Crippen LogP contribution in [-0.2, 0) is 37.2 Å². The molecule has 0 saturated heterocycles. The number of unbranched alkanes of at least 4 members (excludes halogenated alkanes) is 1. The van der Waals surface area contributed by atoms with Crippen LogP contribution in [0.4, 0.5) is 0 Å². The van der Waals surface area contributed by atoms with E-state index in [1.165, 1.54) is 29.5 Å². The number of aliphatic carboxylic acids is 1. The highest BCUT2D eigenvalue weighted by atomic mass is 16.5. The van der Waals surface area contributed by atoms with Gasteiger partial charge < -0.3 is 19.7 Å². The minimum atomic E-state index is -0.940. The number of hydrogen-bond acceptors (Lipinski definition) is 5. The van der Waals surface area contributed by atoms with Gasteiger partial charge in [-0.15, -0.1) is 0 Å². The maximum atomic E-state index is 11.3. The molecule has 5 rings (SSSR count). The molecule has 4 aromatic rings. The van der Waals surface area contributed by atoms with Crippen LogP contribution in [0, 0.1) is 0 Å². The summed E-state index contributed by atoms with van der Waals surface area (Å²) in [6.45, 7) is 2.67. The molecule has 0 spiro atoms. The molecular weight excluding hydrogens is 578 g/mol. The maximum absolute atomic E-state index is 11.3. The Morgan fingerprint density at radius 3 is 2.02 bits per heavy atom. The Balaban J connectivity index is 1.28. The number of carboxylic acid groups (broad SMARTS) is 2. The van der Waals surface area contributed by atoms with Gasteiger partial charge in [0.25, 0.3) is 0 Å². The lowest BCUT2D eigenvalue weighted by Crippen LogP contribution is -2.27. The molecule has 0 fully saturated rings. The van der Waals surface area contributed by atoms with Gasteiger partial charge in [0.2, 0.25) is 0 Å². The lowest BCUT2D eigenvalue weighted by atomic mass is 9.89. The van der Waals surface area contributed by atoms with Crippen LogP contribution >= 0.6 is 0 Å². The molecule has 1 aliphatic rings.